The fourth-order valence-corrected chi connectivity index (χ4v) is 9.60. The van der Waals surface area contributed by atoms with Crippen LogP contribution in [0.2, 0.25) is 18.1 Å². The molecule has 3 aliphatic carbocycles. The molecule has 0 saturated heterocycles. The minimum atomic E-state index is -2.61. The summed E-state index contributed by atoms with van der Waals surface area (Å²) in [5.74, 6) is -2.69. The van der Waals surface area contributed by atoms with E-state index in [0.29, 0.717) is 5.75 Å². The number of ether oxygens (including phenoxy) is 3. The number of ketones is 2. The quantitative estimate of drug-likeness (QED) is 0.181. The van der Waals surface area contributed by atoms with Gasteiger partial charge in [0.05, 0.1) is 36.9 Å². The van der Waals surface area contributed by atoms with Crippen LogP contribution in [0.3, 0.4) is 0 Å². The molecule has 0 amide bonds. The molecule has 3 aliphatic rings. The molecule has 0 heterocycles. The Kier molecular flexibility index (Phi) is 10.2. The van der Waals surface area contributed by atoms with Gasteiger partial charge in [-0.25, -0.2) is 4.79 Å². The first-order chi connectivity index (χ1) is 23.2. The van der Waals surface area contributed by atoms with Crippen LogP contribution in [0.4, 0.5) is 0 Å². The summed E-state index contributed by atoms with van der Waals surface area (Å²) in [5.41, 5.74) is -3.87. The lowest BCUT2D eigenvalue weighted by Gasteiger charge is -2.62. The van der Waals surface area contributed by atoms with Crippen molar-refractivity contribution >= 4 is 25.9 Å². The molecule has 2 aromatic rings. The summed E-state index contributed by atoms with van der Waals surface area (Å²) in [5, 5.41) is 24.5. The van der Waals surface area contributed by atoms with Crippen molar-refractivity contribution in [2.45, 2.75) is 116 Å². The van der Waals surface area contributed by atoms with Crippen LogP contribution in [0.1, 0.15) is 76.7 Å². The maximum Gasteiger partial charge on any atom is 0.338 e. The Hall–Kier alpha value is -3.15. The lowest BCUT2D eigenvalue weighted by atomic mass is 9.46. The number of aliphatic hydroxyl groups is 2. The summed E-state index contributed by atoms with van der Waals surface area (Å²) in [7, 11) is -1.02. The van der Waals surface area contributed by atoms with Gasteiger partial charge in [-0.2, -0.15) is 0 Å². The minimum Gasteiger partial charge on any atom is -0.497 e. The van der Waals surface area contributed by atoms with Crippen LogP contribution in [-0.4, -0.2) is 73.2 Å². The molecule has 0 unspecified atom stereocenters. The molecule has 2 bridgehead atoms. The molecule has 3 fully saturated rings. The van der Waals surface area contributed by atoms with Gasteiger partial charge in [-0.3, -0.25) is 9.59 Å². The summed E-state index contributed by atoms with van der Waals surface area (Å²) < 4.78 is 25.3. The van der Waals surface area contributed by atoms with Gasteiger partial charge in [0.1, 0.15) is 18.0 Å². The number of rotatable bonds is 8. The van der Waals surface area contributed by atoms with E-state index in [0.717, 1.165) is 5.56 Å². The molecule has 50 heavy (non-hydrogen) atoms. The molecule has 8 atom stereocenters. The van der Waals surface area contributed by atoms with E-state index in [2.05, 4.69) is 40.4 Å². The standard InChI is InChI=1S/C40H54O9Si/c1-24-29(41)22-31(49-50(9,10)37(2,3)4)39(7)32(24)35(48-36(44)26-14-12-11-13-15-26)40(45)30(42)21-20-28(38(40,5)6)33(34(39)43)47-23-25-16-18-27(46-8)19-17-25/h11-19,28-29,31-33,35,41,45H,1,20-23H2,2-10H3/t28-,29+,31+,32+,33-,35+,39-,40-/m1/s1. The first kappa shape index (κ1) is 38.1. The number of methoxy groups -OCH3 is 1. The van der Waals surface area contributed by atoms with Crippen molar-refractivity contribution in [2.75, 3.05) is 7.11 Å². The van der Waals surface area contributed by atoms with E-state index in [-0.39, 0.29) is 47.8 Å². The number of esters is 1. The second-order valence-electron chi connectivity index (χ2n) is 16.6. The molecule has 5 rings (SSSR count). The molecule has 272 valence electrons. The van der Waals surface area contributed by atoms with Gasteiger partial charge in [-0.15, -0.1) is 0 Å². The van der Waals surface area contributed by atoms with Crippen LogP contribution in [0.15, 0.2) is 66.7 Å². The fraction of sp³-hybridized carbons (Fsp3) is 0.575. The molecule has 3 saturated carbocycles. The number of aliphatic hydroxyl groups excluding tert-OH is 1. The van der Waals surface area contributed by atoms with Gasteiger partial charge in [-0.05, 0) is 66.9 Å². The Balaban J connectivity index is 1.73. The van der Waals surface area contributed by atoms with Crippen LogP contribution in [0, 0.1) is 22.7 Å². The Labute approximate surface area is 297 Å². The molecule has 0 spiro atoms. The summed E-state index contributed by atoms with van der Waals surface area (Å²) in [6.07, 6.45) is -4.37. The number of Topliss-reactive ketones (excluding diaryl/α,β-unsaturated/α-hetero) is 2. The zero-order valence-corrected chi connectivity index (χ0v) is 31.9. The van der Waals surface area contributed by atoms with Crippen molar-refractivity contribution in [2.24, 2.45) is 22.7 Å². The molecular weight excluding hydrogens is 653 g/mol. The average Bonchev–Trinajstić information content (AvgIpc) is 3.06. The largest absolute Gasteiger partial charge is 0.497 e. The fourth-order valence-electron chi connectivity index (χ4n) is 8.19. The zero-order valence-electron chi connectivity index (χ0n) is 30.9. The van der Waals surface area contributed by atoms with E-state index in [1.54, 1.807) is 58.2 Å². The maximum atomic E-state index is 15.6. The molecule has 0 aliphatic heterocycles. The van der Waals surface area contributed by atoms with Crippen LogP contribution in [0.5, 0.6) is 5.75 Å². The van der Waals surface area contributed by atoms with Crippen molar-refractivity contribution in [3.63, 3.8) is 0 Å². The Morgan fingerprint density at radius 3 is 2.22 bits per heavy atom. The lowest BCUT2D eigenvalue weighted by Crippen LogP contribution is -2.75. The van der Waals surface area contributed by atoms with Gasteiger partial charge in [0, 0.05) is 30.1 Å². The minimum absolute atomic E-state index is 0.0536. The number of benzene rings is 2. The van der Waals surface area contributed by atoms with Crippen molar-refractivity contribution in [3.8, 4) is 5.75 Å². The predicted molar refractivity (Wildman–Crippen MR) is 192 cm³/mol. The molecule has 9 nitrogen and oxygen atoms in total. The third-order valence-electron chi connectivity index (χ3n) is 12.5. The van der Waals surface area contributed by atoms with Gasteiger partial charge in [0.25, 0.3) is 0 Å². The van der Waals surface area contributed by atoms with Crippen molar-refractivity contribution < 1.29 is 43.2 Å². The van der Waals surface area contributed by atoms with E-state index in [4.69, 9.17) is 18.6 Å². The molecule has 0 aromatic heterocycles. The van der Waals surface area contributed by atoms with Crippen molar-refractivity contribution in [1.29, 1.82) is 0 Å². The van der Waals surface area contributed by atoms with Crippen LogP contribution in [0.25, 0.3) is 0 Å². The first-order valence-electron chi connectivity index (χ1n) is 17.6. The van der Waals surface area contributed by atoms with Gasteiger partial charge in [0.15, 0.2) is 25.5 Å². The van der Waals surface area contributed by atoms with Crippen LogP contribution < -0.4 is 4.74 Å². The molecule has 0 radical (unpaired) electrons. The number of carbonyl (C=O) groups excluding carboxylic acids is 3. The third-order valence-corrected chi connectivity index (χ3v) is 17.0. The predicted octanol–water partition coefficient (Wildman–Crippen LogP) is 6.46. The van der Waals surface area contributed by atoms with E-state index in [9.17, 15) is 19.8 Å². The topological polar surface area (TPSA) is 129 Å². The van der Waals surface area contributed by atoms with Crippen LogP contribution in [-0.2, 0) is 30.1 Å². The summed E-state index contributed by atoms with van der Waals surface area (Å²) in [4.78, 5) is 43.8. The summed E-state index contributed by atoms with van der Waals surface area (Å²) >= 11 is 0. The molecule has 10 heteroatoms. The Morgan fingerprint density at radius 2 is 1.64 bits per heavy atom. The highest BCUT2D eigenvalue weighted by atomic mass is 28.4. The van der Waals surface area contributed by atoms with E-state index < -0.39 is 72.8 Å². The molecule has 2 aromatic carbocycles. The lowest BCUT2D eigenvalue weighted by molar-refractivity contribution is -0.238. The highest BCUT2D eigenvalue weighted by Gasteiger charge is 2.73. The second kappa shape index (κ2) is 13.4. The van der Waals surface area contributed by atoms with Gasteiger partial charge < -0.3 is 28.8 Å². The monoisotopic (exact) mass is 706 g/mol. The van der Waals surface area contributed by atoms with E-state index in [1.807, 2.05) is 24.3 Å². The summed E-state index contributed by atoms with van der Waals surface area (Å²) in [6, 6.07) is 15.7. The number of carbonyl (C=O) groups is 3. The van der Waals surface area contributed by atoms with Crippen molar-refractivity contribution in [1.82, 2.24) is 0 Å². The zero-order chi connectivity index (χ0) is 37.0. The van der Waals surface area contributed by atoms with Gasteiger partial charge in [0.2, 0.25) is 0 Å². The summed E-state index contributed by atoms with van der Waals surface area (Å²) in [6.45, 7) is 20.0. The first-order valence-corrected chi connectivity index (χ1v) is 20.5. The number of fused-ring (bicyclic) bond motifs is 3. The maximum absolute atomic E-state index is 15.6. The highest BCUT2D eigenvalue weighted by Crippen LogP contribution is 2.61. The van der Waals surface area contributed by atoms with E-state index >= 15 is 4.79 Å². The number of hydrogen-bond donors (Lipinski definition) is 2. The average molecular weight is 707 g/mol. The van der Waals surface area contributed by atoms with Crippen molar-refractivity contribution in [3.05, 3.63) is 77.9 Å². The van der Waals surface area contributed by atoms with E-state index in [1.165, 1.54) is 0 Å². The smallest absolute Gasteiger partial charge is 0.338 e. The Bertz CT molecular complexity index is 1610. The second-order valence-corrected chi connectivity index (χ2v) is 21.4. The molecular formula is C40H54O9Si. The molecule has 2 N–H and O–H groups in total. The normalized spacial score (nSPS) is 32.8. The Morgan fingerprint density at radius 1 is 1.02 bits per heavy atom. The van der Waals surface area contributed by atoms with Gasteiger partial charge in [-0.1, -0.05) is 71.5 Å². The van der Waals surface area contributed by atoms with Crippen LogP contribution >= 0.6 is 0 Å². The third kappa shape index (κ3) is 6.21. The van der Waals surface area contributed by atoms with Gasteiger partial charge >= 0.3 is 5.97 Å². The highest BCUT2D eigenvalue weighted by molar-refractivity contribution is 6.74. The SMILES string of the molecule is C=C1[C@@H](O)C[C@H](O[Si](C)(C)C(C)(C)C)[C@@]2(C)C(=O)[C@H](OCc3ccc(OC)cc3)[C@H]3CCC(=O)[C@@](O)([C@@H](OC(=O)c4ccccc4)[C@H]12)C3(C)C. The number of hydrogen-bond acceptors (Lipinski definition) is 9.